The van der Waals surface area contributed by atoms with Gasteiger partial charge in [-0.2, -0.15) is 5.26 Å². The van der Waals surface area contributed by atoms with Crippen molar-refractivity contribution in [2.75, 3.05) is 0 Å². The van der Waals surface area contributed by atoms with Crippen LogP contribution in [0.25, 0.3) is 0 Å². The lowest BCUT2D eigenvalue weighted by atomic mass is 10.1. The number of aromatic nitrogens is 1. The van der Waals surface area contributed by atoms with Crippen molar-refractivity contribution in [2.24, 2.45) is 0 Å². The van der Waals surface area contributed by atoms with Crippen LogP contribution in [0.3, 0.4) is 0 Å². The molecule has 1 aromatic carbocycles. The van der Waals surface area contributed by atoms with Gasteiger partial charge in [-0.15, -0.1) is 0 Å². The van der Waals surface area contributed by atoms with E-state index in [4.69, 9.17) is 5.26 Å². The summed E-state index contributed by atoms with van der Waals surface area (Å²) in [6, 6.07) is 17.0. The Bertz CT molecular complexity index is 505. The highest BCUT2D eigenvalue weighted by molar-refractivity contribution is 5.17. The Kier molecular flexibility index (Phi) is 4.60. The highest BCUT2D eigenvalue weighted by Gasteiger charge is 2.01. The first-order valence-corrected chi connectivity index (χ1v) is 6.45. The monoisotopic (exact) mass is 238 g/mol. The standard InChI is InChI=1S/C16H18N2/c17-12-6-2-5-10-16-11-7-13-18(16)14-15-8-3-1-4-9-15/h1,3-4,7-9,11,13H,2,5-6,10,14H2. The van der Waals surface area contributed by atoms with Gasteiger partial charge in [-0.25, -0.2) is 0 Å². The van der Waals surface area contributed by atoms with Crippen molar-refractivity contribution >= 4 is 0 Å². The van der Waals surface area contributed by atoms with E-state index in [9.17, 15) is 0 Å². The molecule has 0 unspecified atom stereocenters. The van der Waals surface area contributed by atoms with Crippen LogP contribution in [-0.2, 0) is 13.0 Å². The molecule has 2 heteroatoms. The quantitative estimate of drug-likeness (QED) is 0.704. The van der Waals surface area contributed by atoms with Gasteiger partial charge >= 0.3 is 0 Å². The van der Waals surface area contributed by atoms with Crippen molar-refractivity contribution in [1.29, 1.82) is 5.26 Å². The van der Waals surface area contributed by atoms with Crippen molar-refractivity contribution in [3.63, 3.8) is 0 Å². The number of unbranched alkanes of at least 4 members (excludes halogenated alkanes) is 2. The summed E-state index contributed by atoms with van der Waals surface area (Å²) in [4.78, 5) is 0. The second-order valence-electron chi connectivity index (χ2n) is 4.48. The fraction of sp³-hybridized carbons (Fsp3) is 0.312. The van der Waals surface area contributed by atoms with E-state index in [2.05, 4.69) is 53.2 Å². The molecule has 1 aromatic heterocycles. The van der Waals surface area contributed by atoms with Gasteiger partial charge in [0.2, 0.25) is 0 Å². The molecule has 2 rings (SSSR count). The van der Waals surface area contributed by atoms with Crippen LogP contribution in [0.1, 0.15) is 30.5 Å². The zero-order valence-electron chi connectivity index (χ0n) is 10.5. The number of aryl methyl sites for hydroxylation is 1. The summed E-state index contributed by atoms with van der Waals surface area (Å²) in [7, 11) is 0. The Morgan fingerprint density at radius 2 is 1.83 bits per heavy atom. The molecule has 0 radical (unpaired) electrons. The smallest absolute Gasteiger partial charge is 0.0621 e. The van der Waals surface area contributed by atoms with Crippen molar-refractivity contribution < 1.29 is 0 Å². The second kappa shape index (κ2) is 6.66. The zero-order chi connectivity index (χ0) is 12.6. The third-order valence-corrected chi connectivity index (χ3v) is 3.09. The summed E-state index contributed by atoms with van der Waals surface area (Å²) >= 11 is 0. The Hall–Kier alpha value is -2.01. The first kappa shape index (κ1) is 12.4. The largest absolute Gasteiger partial charge is 0.347 e. The Balaban J connectivity index is 1.94. The normalized spacial score (nSPS) is 10.2. The summed E-state index contributed by atoms with van der Waals surface area (Å²) in [5, 5.41) is 8.52. The molecule has 0 aliphatic carbocycles. The maximum Gasteiger partial charge on any atom is 0.0621 e. The van der Waals surface area contributed by atoms with E-state index in [1.807, 2.05) is 6.07 Å². The van der Waals surface area contributed by atoms with E-state index in [0.29, 0.717) is 6.42 Å². The fourth-order valence-corrected chi connectivity index (χ4v) is 2.12. The molecule has 92 valence electrons. The topological polar surface area (TPSA) is 28.7 Å². The van der Waals surface area contributed by atoms with Crippen molar-refractivity contribution in [3.8, 4) is 6.07 Å². The van der Waals surface area contributed by atoms with E-state index < -0.39 is 0 Å². The summed E-state index contributed by atoms with van der Waals surface area (Å²) in [5.41, 5.74) is 2.68. The van der Waals surface area contributed by atoms with Gasteiger partial charge < -0.3 is 4.57 Å². The van der Waals surface area contributed by atoms with E-state index in [0.717, 1.165) is 25.8 Å². The third kappa shape index (κ3) is 3.49. The van der Waals surface area contributed by atoms with Gasteiger partial charge in [0.25, 0.3) is 0 Å². The van der Waals surface area contributed by atoms with Crippen molar-refractivity contribution in [2.45, 2.75) is 32.2 Å². The molecular formula is C16H18N2. The minimum atomic E-state index is 0.666. The summed E-state index contributed by atoms with van der Waals surface area (Å²) < 4.78 is 2.29. The molecule has 0 aliphatic heterocycles. The predicted molar refractivity (Wildman–Crippen MR) is 73.1 cm³/mol. The number of rotatable bonds is 6. The first-order chi connectivity index (χ1) is 8.90. The van der Waals surface area contributed by atoms with Crippen LogP contribution in [0.15, 0.2) is 48.7 Å². The lowest BCUT2D eigenvalue weighted by molar-refractivity contribution is 0.682. The molecule has 1 heterocycles. The molecule has 0 bridgehead atoms. The molecule has 2 aromatic rings. The molecular weight excluding hydrogens is 220 g/mol. The zero-order valence-corrected chi connectivity index (χ0v) is 10.5. The lowest BCUT2D eigenvalue weighted by Gasteiger charge is -2.09. The molecule has 0 atom stereocenters. The lowest BCUT2D eigenvalue weighted by Crippen LogP contribution is -2.03. The van der Waals surface area contributed by atoms with Crippen LogP contribution in [0.5, 0.6) is 0 Å². The van der Waals surface area contributed by atoms with Crippen molar-refractivity contribution in [3.05, 3.63) is 59.9 Å². The SMILES string of the molecule is N#CCCCCc1cccn1Cc1ccccc1. The fourth-order valence-electron chi connectivity index (χ4n) is 2.12. The van der Waals surface area contributed by atoms with Gasteiger partial charge in [0.1, 0.15) is 0 Å². The van der Waals surface area contributed by atoms with Gasteiger partial charge in [0.15, 0.2) is 0 Å². The van der Waals surface area contributed by atoms with Gasteiger partial charge in [-0.05, 0) is 37.0 Å². The van der Waals surface area contributed by atoms with E-state index >= 15 is 0 Å². The number of nitriles is 1. The minimum Gasteiger partial charge on any atom is -0.347 e. The van der Waals surface area contributed by atoms with E-state index in [1.165, 1.54) is 11.3 Å². The van der Waals surface area contributed by atoms with Gasteiger partial charge in [-0.3, -0.25) is 0 Å². The van der Waals surface area contributed by atoms with E-state index in [1.54, 1.807) is 0 Å². The van der Waals surface area contributed by atoms with Crippen LogP contribution in [-0.4, -0.2) is 4.57 Å². The highest BCUT2D eigenvalue weighted by atomic mass is 15.0. The number of hydrogen-bond donors (Lipinski definition) is 0. The molecule has 0 saturated carbocycles. The van der Waals surface area contributed by atoms with Gasteiger partial charge in [-0.1, -0.05) is 30.3 Å². The molecule has 18 heavy (non-hydrogen) atoms. The molecule has 0 aliphatic rings. The van der Waals surface area contributed by atoms with Crippen LogP contribution in [0, 0.1) is 11.3 Å². The van der Waals surface area contributed by atoms with Crippen LogP contribution >= 0.6 is 0 Å². The van der Waals surface area contributed by atoms with Crippen molar-refractivity contribution in [1.82, 2.24) is 4.57 Å². The predicted octanol–water partition coefficient (Wildman–Crippen LogP) is 3.77. The number of nitrogens with zero attached hydrogens (tertiary/aromatic N) is 2. The minimum absolute atomic E-state index is 0.666. The summed E-state index contributed by atoms with van der Waals surface area (Å²) in [5.74, 6) is 0. The second-order valence-corrected chi connectivity index (χ2v) is 4.48. The molecule has 0 spiro atoms. The summed E-state index contributed by atoms with van der Waals surface area (Å²) in [6.45, 7) is 0.932. The van der Waals surface area contributed by atoms with Gasteiger partial charge in [0.05, 0.1) is 6.07 Å². The molecule has 0 amide bonds. The van der Waals surface area contributed by atoms with Crippen LogP contribution in [0.2, 0.25) is 0 Å². The Morgan fingerprint density at radius 1 is 1.00 bits per heavy atom. The third-order valence-electron chi connectivity index (χ3n) is 3.09. The van der Waals surface area contributed by atoms with Crippen LogP contribution in [0.4, 0.5) is 0 Å². The summed E-state index contributed by atoms with van der Waals surface area (Å²) in [6.07, 6.45) is 5.94. The first-order valence-electron chi connectivity index (χ1n) is 6.45. The molecule has 2 nitrogen and oxygen atoms in total. The highest BCUT2D eigenvalue weighted by Crippen LogP contribution is 2.11. The average Bonchev–Trinajstić information content (AvgIpc) is 2.83. The van der Waals surface area contributed by atoms with Gasteiger partial charge in [0, 0.05) is 24.9 Å². The number of benzene rings is 1. The Labute approximate surface area is 108 Å². The molecule has 0 saturated heterocycles. The average molecular weight is 238 g/mol. The Morgan fingerprint density at radius 3 is 2.61 bits per heavy atom. The maximum absolute atomic E-state index is 8.52. The number of hydrogen-bond acceptors (Lipinski definition) is 1. The van der Waals surface area contributed by atoms with Crippen LogP contribution < -0.4 is 0 Å². The molecule has 0 N–H and O–H groups in total. The molecule has 0 fully saturated rings. The van der Waals surface area contributed by atoms with E-state index in [-0.39, 0.29) is 0 Å². The maximum atomic E-state index is 8.52.